The number of carbonyl (C=O) groups excluding carboxylic acids is 2. The standard InChI is InChI=1S/C18H17N3O5S/c1-13(22)20-15-5-9-17(10-6-15)27(24,25)21(2)12-18(23)26-16-7-3-14(11-19)4-8-16/h3-10H,12H2,1-2H3,(H,20,22). The van der Waals surface area contributed by atoms with Crippen LogP contribution in [0, 0.1) is 11.3 Å². The second-order valence-corrected chi connectivity index (χ2v) is 7.62. The van der Waals surface area contributed by atoms with Crippen molar-refractivity contribution in [3.8, 4) is 11.8 Å². The lowest BCUT2D eigenvalue weighted by atomic mass is 10.2. The molecule has 0 aliphatic heterocycles. The lowest BCUT2D eigenvalue weighted by Crippen LogP contribution is -2.34. The van der Waals surface area contributed by atoms with Crippen LogP contribution in [0.1, 0.15) is 12.5 Å². The van der Waals surface area contributed by atoms with E-state index in [-0.39, 0.29) is 16.6 Å². The van der Waals surface area contributed by atoms with Crippen molar-refractivity contribution in [2.24, 2.45) is 0 Å². The smallest absolute Gasteiger partial charge is 0.326 e. The van der Waals surface area contributed by atoms with Crippen molar-refractivity contribution in [3.63, 3.8) is 0 Å². The van der Waals surface area contributed by atoms with Crippen molar-refractivity contribution in [2.45, 2.75) is 11.8 Å². The molecule has 0 unspecified atom stereocenters. The number of anilines is 1. The van der Waals surface area contributed by atoms with E-state index in [9.17, 15) is 18.0 Å². The molecular weight excluding hydrogens is 370 g/mol. The second kappa shape index (κ2) is 8.44. The third-order valence-corrected chi connectivity index (χ3v) is 5.27. The summed E-state index contributed by atoms with van der Waals surface area (Å²) in [6.07, 6.45) is 0. The number of nitrogens with one attached hydrogen (secondary N) is 1. The van der Waals surface area contributed by atoms with Gasteiger partial charge in [-0.3, -0.25) is 9.59 Å². The normalized spacial score (nSPS) is 10.9. The number of hydrogen-bond donors (Lipinski definition) is 1. The Morgan fingerprint density at radius 1 is 1.11 bits per heavy atom. The number of nitrogens with zero attached hydrogens (tertiary/aromatic N) is 2. The van der Waals surface area contributed by atoms with E-state index in [0.717, 1.165) is 4.31 Å². The van der Waals surface area contributed by atoms with Crippen molar-refractivity contribution < 1.29 is 22.7 Å². The molecule has 0 saturated carbocycles. The first-order valence-corrected chi connectivity index (χ1v) is 9.21. The lowest BCUT2D eigenvalue weighted by Gasteiger charge is -2.16. The van der Waals surface area contributed by atoms with Crippen LogP contribution in [0.4, 0.5) is 5.69 Å². The van der Waals surface area contributed by atoms with Gasteiger partial charge in [-0.2, -0.15) is 9.57 Å². The molecule has 0 aliphatic rings. The van der Waals surface area contributed by atoms with Crippen molar-refractivity contribution >= 4 is 27.6 Å². The Kier molecular flexibility index (Phi) is 6.28. The van der Waals surface area contributed by atoms with Crippen LogP contribution in [0.5, 0.6) is 5.75 Å². The Balaban J connectivity index is 2.04. The fraction of sp³-hybridized carbons (Fsp3) is 0.167. The second-order valence-electron chi connectivity index (χ2n) is 5.58. The molecule has 0 atom stereocenters. The summed E-state index contributed by atoms with van der Waals surface area (Å²) in [5, 5.41) is 11.3. The topological polar surface area (TPSA) is 117 Å². The molecule has 0 spiro atoms. The number of esters is 1. The predicted molar refractivity (Wildman–Crippen MR) is 97.4 cm³/mol. The number of likely N-dealkylation sites (N-methyl/N-ethyl adjacent to an activating group) is 1. The summed E-state index contributed by atoms with van der Waals surface area (Å²) in [4.78, 5) is 23.0. The van der Waals surface area contributed by atoms with Crippen molar-refractivity contribution in [2.75, 3.05) is 18.9 Å². The Morgan fingerprint density at radius 3 is 2.22 bits per heavy atom. The number of carbonyl (C=O) groups is 2. The van der Waals surface area contributed by atoms with Crippen LogP contribution in [0.3, 0.4) is 0 Å². The van der Waals surface area contributed by atoms with Crippen LogP contribution >= 0.6 is 0 Å². The minimum atomic E-state index is -3.91. The van der Waals surface area contributed by atoms with Crippen molar-refractivity contribution in [3.05, 3.63) is 54.1 Å². The minimum absolute atomic E-state index is 0.0229. The third kappa shape index (κ3) is 5.37. The Bertz CT molecular complexity index is 977. The van der Waals surface area contributed by atoms with E-state index in [1.165, 1.54) is 62.5 Å². The highest BCUT2D eigenvalue weighted by Crippen LogP contribution is 2.18. The molecule has 27 heavy (non-hydrogen) atoms. The molecule has 1 amide bonds. The van der Waals surface area contributed by atoms with Gasteiger partial charge >= 0.3 is 5.97 Å². The van der Waals surface area contributed by atoms with E-state index in [4.69, 9.17) is 10.00 Å². The summed E-state index contributed by atoms with van der Waals surface area (Å²) in [5.41, 5.74) is 0.876. The van der Waals surface area contributed by atoms with E-state index in [0.29, 0.717) is 11.3 Å². The molecule has 140 valence electrons. The summed E-state index contributed by atoms with van der Waals surface area (Å²) < 4.78 is 31.0. The van der Waals surface area contributed by atoms with Gasteiger partial charge in [0.05, 0.1) is 16.5 Å². The highest BCUT2D eigenvalue weighted by atomic mass is 32.2. The van der Waals surface area contributed by atoms with Crippen LogP contribution < -0.4 is 10.1 Å². The highest BCUT2D eigenvalue weighted by molar-refractivity contribution is 7.89. The number of sulfonamides is 1. The van der Waals surface area contributed by atoms with E-state index >= 15 is 0 Å². The van der Waals surface area contributed by atoms with Crippen molar-refractivity contribution in [1.29, 1.82) is 5.26 Å². The summed E-state index contributed by atoms with van der Waals surface area (Å²) in [5.74, 6) is -0.821. The van der Waals surface area contributed by atoms with Gasteiger partial charge in [0.25, 0.3) is 0 Å². The maximum absolute atomic E-state index is 12.5. The van der Waals surface area contributed by atoms with Gasteiger partial charge in [0.15, 0.2) is 0 Å². The van der Waals surface area contributed by atoms with Crippen LogP contribution in [0.25, 0.3) is 0 Å². The van der Waals surface area contributed by atoms with Gasteiger partial charge in [-0.05, 0) is 48.5 Å². The first-order valence-electron chi connectivity index (χ1n) is 7.77. The molecule has 8 nitrogen and oxygen atoms in total. The number of hydrogen-bond acceptors (Lipinski definition) is 6. The average molecular weight is 387 g/mol. The molecule has 1 N–H and O–H groups in total. The molecule has 2 rings (SSSR count). The largest absolute Gasteiger partial charge is 0.426 e. The molecule has 0 aromatic heterocycles. The van der Waals surface area contributed by atoms with E-state index in [1.54, 1.807) is 0 Å². The van der Waals surface area contributed by atoms with Gasteiger partial charge in [0, 0.05) is 19.7 Å². The molecule has 2 aromatic rings. The Morgan fingerprint density at radius 2 is 1.70 bits per heavy atom. The van der Waals surface area contributed by atoms with Gasteiger partial charge in [-0.25, -0.2) is 8.42 Å². The highest BCUT2D eigenvalue weighted by Gasteiger charge is 2.23. The van der Waals surface area contributed by atoms with Gasteiger partial charge in [0.2, 0.25) is 15.9 Å². The number of amides is 1. The zero-order valence-corrected chi connectivity index (χ0v) is 15.5. The number of benzene rings is 2. The first kappa shape index (κ1) is 20.1. The molecule has 0 aliphatic carbocycles. The van der Waals surface area contributed by atoms with Crippen molar-refractivity contribution in [1.82, 2.24) is 4.31 Å². The molecule has 9 heteroatoms. The predicted octanol–water partition coefficient (Wildman–Crippen LogP) is 1.74. The fourth-order valence-electron chi connectivity index (χ4n) is 2.12. The monoisotopic (exact) mass is 387 g/mol. The van der Waals surface area contributed by atoms with Crippen LogP contribution in [0.2, 0.25) is 0 Å². The van der Waals surface area contributed by atoms with E-state index in [2.05, 4.69) is 5.32 Å². The quantitative estimate of drug-likeness (QED) is 0.596. The van der Waals surface area contributed by atoms with Gasteiger partial charge < -0.3 is 10.1 Å². The zero-order valence-electron chi connectivity index (χ0n) is 14.7. The molecule has 0 fully saturated rings. The SMILES string of the molecule is CC(=O)Nc1ccc(S(=O)(=O)N(C)CC(=O)Oc2ccc(C#N)cc2)cc1. The molecular formula is C18H17N3O5S. The fourth-order valence-corrected chi connectivity index (χ4v) is 3.24. The van der Waals surface area contributed by atoms with Crippen LogP contribution in [-0.2, 0) is 19.6 Å². The maximum Gasteiger partial charge on any atom is 0.326 e. The molecule has 2 aromatic carbocycles. The maximum atomic E-state index is 12.5. The zero-order chi connectivity index (χ0) is 20.0. The van der Waals surface area contributed by atoms with Gasteiger partial charge in [-0.1, -0.05) is 0 Å². The summed E-state index contributed by atoms with van der Waals surface area (Å²) in [6, 6.07) is 13.4. The van der Waals surface area contributed by atoms with Gasteiger partial charge in [-0.15, -0.1) is 0 Å². The van der Waals surface area contributed by atoms with Gasteiger partial charge in [0.1, 0.15) is 12.3 Å². The molecule has 0 bridgehead atoms. The Labute approximate surface area is 157 Å². The average Bonchev–Trinajstić information content (AvgIpc) is 2.62. The lowest BCUT2D eigenvalue weighted by molar-refractivity contribution is -0.134. The molecule has 0 radical (unpaired) electrons. The summed E-state index contributed by atoms with van der Waals surface area (Å²) in [6.45, 7) is 0.855. The molecule has 0 saturated heterocycles. The Hall–Kier alpha value is -3.22. The van der Waals surface area contributed by atoms with Crippen LogP contribution in [0.15, 0.2) is 53.4 Å². The number of nitriles is 1. The third-order valence-electron chi connectivity index (χ3n) is 3.45. The summed E-state index contributed by atoms with van der Waals surface area (Å²) in [7, 11) is -2.64. The van der Waals surface area contributed by atoms with Crippen LogP contribution in [-0.4, -0.2) is 38.2 Å². The van der Waals surface area contributed by atoms with E-state index in [1.807, 2.05) is 6.07 Å². The summed E-state index contributed by atoms with van der Waals surface area (Å²) >= 11 is 0. The first-order chi connectivity index (χ1) is 12.7. The minimum Gasteiger partial charge on any atom is -0.426 e. The number of ether oxygens (including phenoxy) is 1. The van der Waals surface area contributed by atoms with E-state index < -0.39 is 22.5 Å². The molecule has 0 heterocycles. The number of rotatable bonds is 6.